The smallest absolute Gasteiger partial charge is 0.272 e. The highest BCUT2D eigenvalue weighted by molar-refractivity contribution is 5.93. The molecule has 3 rings (SSSR count). The summed E-state index contributed by atoms with van der Waals surface area (Å²) in [6, 6.07) is 10.9. The van der Waals surface area contributed by atoms with Gasteiger partial charge in [-0.05, 0) is 36.4 Å². The molecule has 6 heteroatoms. The van der Waals surface area contributed by atoms with E-state index in [-0.39, 0.29) is 24.0 Å². The third-order valence-corrected chi connectivity index (χ3v) is 3.01. The molecular formula is C17H12FN3O2. The molecule has 0 bridgehead atoms. The Kier molecular flexibility index (Phi) is 4.20. The van der Waals surface area contributed by atoms with Crippen LogP contribution in [0.4, 0.5) is 4.39 Å². The number of H-pyrrole nitrogens is 1. The lowest BCUT2D eigenvalue weighted by Crippen LogP contribution is -2.23. The van der Waals surface area contributed by atoms with Crippen molar-refractivity contribution in [3.8, 4) is 23.3 Å². The fourth-order valence-corrected chi connectivity index (χ4v) is 1.89. The van der Waals surface area contributed by atoms with Crippen LogP contribution >= 0.6 is 0 Å². The normalized spacial score (nSPS) is 9.96. The number of amides is 1. The molecule has 114 valence electrons. The summed E-state index contributed by atoms with van der Waals surface area (Å²) in [6.07, 6.45) is 1.54. The van der Waals surface area contributed by atoms with Crippen molar-refractivity contribution in [3.63, 3.8) is 0 Å². The van der Waals surface area contributed by atoms with Crippen LogP contribution in [0.3, 0.4) is 0 Å². The molecule has 0 radical (unpaired) electrons. The summed E-state index contributed by atoms with van der Waals surface area (Å²) in [5, 5.41) is 9.31. The maximum absolute atomic E-state index is 12.8. The van der Waals surface area contributed by atoms with Crippen LogP contribution in [-0.2, 0) is 0 Å². The van der Waals surface area contributed by atoms with Crippen LogP contribution in [0, 0.1) is 17.7 Å². The van der Waals surface area contributed by atoms with Crippen LogP contribution in [0.15, 0.2) is 53.1 Å². The second-order valence-electron chi connectivity index (χ2n) is 4.64. The topological polar surface area (TPSA) is 70.9 Å². The molecule has 0 aliphatic rings. The van der Waals surface area contributed by atoms with Crippen LogP contribution < -0.4 is 5.32 Å². The van der Waals surface area contributed by atoms with Crippen LogP contribution in [-0.4, -0.2) is 22.6 Å². The number of hydrogen-bond donors (Lipinski definition) is 2. The van der Waals surface area contributed by atoms with Gasteiger partial charge in [0.25, 0.3) is 5.91 Å². The van der Waals surface area contributed by atoms with Gasteiger partial charge in [0.1, 0.15) is 11.5 Å². The number of carbonyl (C=O) groups excluding carboxylic acids is 1. The summed E-state index contributed by atoms with van der Waals surface area (Å²) < 4.78 is 18.0. The highest BCUT2D eigenvalue weighted by Gasteiger charge is 2.11. The summed E-state index contributed by atoms with van der Waals surface area (Å²) in [5.41, 5.74) is 1.55. The Balaban J connectivity index is 1.57. The molecule has 0 saturated carbocycles. The van der Waals surface area contributed by atoms with E-state index in [9.17, 15) is 9.18 Å². The lowest BCUT2D eigenvalue weighted by atomic mass is 10.2. The molecule has 0 spiro atoms. The molecule has 0 fully saturated rings. The number of aromatic amines is 1. The fourth-order valence-electron chi connectivity index (χ4n) is 1.89. The maximum atomic E-state index is 12.8. The average Bonchev–Trinajstić information content (AvgIpc) is 3.23. The zero-order valence-corrected chi connectivity index (χ0v) is 12.0. The SMILES string of the molecule is O=C(NCC#Cc1ccc(F)cc1)c1cc(-c2ccco2)[nH]n1. The highest BCUT2D eigenvalue weighted by Crippen LogP contribution is 2.17. The summed E-state index contributed by atoms with van der Waals surface area (Å²) in [7, 11) is 0. The summed E-state index contributed by atoms with van der Waals surface area (Å²) in [5.74, 6) is 5.58. The summed E-state index contributed by atoms with van der Waals surface area (Å²) in [6.45, 7) is 0.166. The standard InChI is InChI=1S/C17H12FN3O2/c18-13-7-5-12(6-8-13)3-1-9-19-17(22)15-11-14(20-21-15)16-4-2-10-23-16/h2,4-8,10-11H,9H2,(H,19,22)(H,20,21). The number of rotatable bonds is 3. The van der Waals surface area contributed by atoms with E-state index in [0.717, 1.165) is 0 Å². The van der Waals surface area contributed by atoms with E-state index in [1.807, 2.05) is 0 Å². The molecule has 5 nitrogen and oxygen atoms in total. The molecule has 0 saturated heterocycles. The van der Waals surface area contributed by atoms with Crippen molar-refractivity contribution >= 4 is 5.91 Å². The summed E-state index contributed by atoms with van der Waals surface area (Å²) in [4.78, 5) is 11.9. The molecule has 0 aliphatic heterocycles. The molecule has 1 amide bonds. The van der Waals surface area contributed by atoms with Gasteiger partial charge >= 0.3 is 0 Å². The second-order valence-corrected chi connectivity index (χ2v) is 4.64. The first-order valence-electron chi connectivity index (χ1n) is 6.84. The first-order chi connectivity index (χ1) is 11.2. The Morgan fingerprint density at radius 3 is 2.87 bits per heavy atom. The lowest BCUT2D eigenvalue weighted by molar-refractivity contribution is 0.0953. The Morgan fingerprint density at radius 2 is 2.13 bits per heavy atom. The molecule has 1 aromatic carbocycles. The molecule has 3 aromatic rings. The highest BCUT2D eigenvalue weighted by atomic mass is 19.1. The minimum atomic E-state index is -0.340. The van der Waals surface area contributed by atoms with Gasteiger partial charge in [0.15, 0.2) is 11.5 Å². The predicted molar refractivity (Wildman–Crippen MR) is 81.9 cm³/mol. The van der Waals surface area contributed by atoms with E-state index in [1.165, 1.54) is 12.1 Å². The number of halogens is 1. The minimum Gasteiger partial charge on any atom is -0.463 e. The van der Waals surface area contributed by atoms with Gasteiger partial charge in [0, 0.05) is 11.6 Å². The molecule has 2 aromatic heterocycles. The largest absolute Gasteiger partial charge is 0.463 e. The number of hydrogen-bond acceptors (Lipinski definition) is 3. The minimum absolute atomic E-state index is 0.166. The second kappa shape index (κ2) is 6.62. The van der Waals surface area contributed by atoms with Gasteiger partial charge in [-0.25, -0.2) is 4.39 Å². The van der Waals surface area contributed by atoms with Crippen LogP contribution in [0.25, 0.3) is 11.5 Å². The Labute approximate surface area is 131 Å². The molecule has 23 heavy (non-hydrogen) atoms. The van der Waals surface area contributed by atoms with E-state index in [0.29, 0.717) is 17.0 Å². The van der Waals surface area contributed by atoms with Crippen LogP contribution in [0.5, 0.6) is 0 Å². The molecule has 0 unspecified atom stereocenters. The zero-order chi connectivity index (χ0) is 16.1. The summed E-state index contributed by atoms with van der Waals surface area (Å²) >= 11 is 0. The molecule has 2 heterocycles. The fraction of sp³-hybridized carbons (Fsp3) is 0.0588. The van der Waals surface area contributed by atoms with E-state index in [1.54, 1.807) is 36.6 Å². The molecular weight excluding hydrogens is 297 g/mol. The van der Waals surface area contributed by atoms with Gasteiger partial charge in [0.05, 0.1) is 12.8 Å². The predicted octanol–water partition coefficient (Wildman–Crippen LogP) is 2.59. The van der Waals surface area contributed by atoms with Crippen molar-refractivity contribution in [1.82, 2.24) is 15.5 Å². The van der Waals surface area contributed by atoms with Crippen molar-refractivity contribution in [2.45, 2.75) is 0 Å². The molecule has 0 atom stereocenters. The van der Waals surface area contributed by atoms with Gasteiger partial charge < -0.3 is 9.73 Å². The van der Waals surface area contributed by atoms with Gasteiger partial charge in [-0.2, -0.15) is 5.10 Å². The molecule has 0 aliphatic carbocycles. The van der Waals surface area contributed by atoms with Gasteiger partial charge in [-0.3, -0.25) is 9.89 Å². The van der Waals surface area contributed by atoms with Gasteiger partial charge in [-0.1, -0.05) is 11.8 Å². The Bertz CT molecular complexity index is 855. The van der Waals surface area contributed by atoms with E-state index < -0.39 is 0 Å². The monoisotopic (exact) mass is 309 g/mol. The number of benzene rings is 1. The van der Waals surface area contributed by atoms with Gasteiger partial charge in [0.2, 0.25) is 0 Å². The van der Waals surface area contributed by atoms with E-state index in [2.05, 4.69) is 27.4 Å². The maximum Gasteiger partial charge on any atom is 0.272 e. The van der Waals surface area contributed by atoms with Gasteiger partial charge in [-0.15, -0.1) is 0 Å². The Hall–Kier alpha value is -3.33. The van der Waals surface area contributed by atoms with Crippen molar-refractivity contribution in [2.75, 3.05) is 6.54 Å². The van der Waals surface area contributed by atoms with Crippen molar-refractivity contribution < 1.29 is 13.6 Å². The first-order valence-corrected chi connectivity index (χ1v) is 6.84. The third-order valence-electron chi connectivity index (χ3n) is 3.01. The van der Waals surface area contributed by atoms with Crippen LogP contribution in [0.1, 0.15) is 16.1 Å². The number of nitrogens with zero attached hydrogens (tertiary/aromatic N) is 1. The van der Waals surface area contributed by atoms with Crippen molar-refractivity contribution in [1.29, 1.82) is 0 Å². The van der Waals surface area contributed by atoms with Crippen molar-refractivity contribution in [2.24, 2.45) is 0 Å². The zero-order valence-electron chi connectivity index (χ0n) is 12.0. The van der Waals surface area contributed by atoms with Crippen molar-refractivity contribution in [3.05, 3.63) is 65.8 Å². The quantitative estimate of drug-likeness (QED) is 0.731. The lowest BCUT2D eigenvalue weighted by Gasteiger charge is -1.96. The number of aromatic nitrogens is 2. The number of nitrogens with one attached hydrogen (secondary N) is 2. The van der Waals surface area contributed by atoms with E-state index >= 15 is 0 Å². The average molecular weight is 309 g/mol. The Morgan fingerprint density at radius 1 is 1.30 bits per heavy atom. The molecule has 2 N–H and O–H groups in total. The van der Waals surface area contributed by atoms with E-state index in [4.69, 9.17) is 4.42 Å². The third kappa shape index (κ3) is 3.66. The van der Waals surface area contributed by atoms with Crippen LogP contribution in [0.2, 0.25) is 0 Å². The first kappa shape index (κ1) is 14.6. The number of furan rings is 1. The number of carbonyl (C=O) groups is 1.